The van der Waals surface area contributed by atoms with Gasteiger partial charge in [0.15, 0.2) is 0 Å². The molecule has 0 aromatic carbocycles. The van der Waals surface area contributed by atoms with E-state index in [1.807, 2.05) is 19.0 Å². The summed E-state index contributed by atoms with van der Waals surface area (Å²) in [7, 11) is 3.95. The van der Waals surface area contributed by atoms with E-state index in [9.17, 15) is 4.79 Å². The van der Waals surface area contributed by atoms with Crippen LogP contribution in [0.3, 0.4) is 0 Å². The van der Waals surface area contributed by atoms with Crippen molar-refractivity contribution in [3.63, 3.8) is 0 Å². The predicted molar refractivity (Wildman–Crippen MR) is 54.2 cm³/mol. The van der Waals surface area contributed by atoms with Gasteiger partial charge in [-0.1, -0.05) is 0 Å². The van der Waals surface area contributed by atoms with Crippen molar-refractivity contribution in [3.8, 4) is 0 Å². The molecule has 0 aliphatic carbocycles. The van der Waals surface area contributed by atoms with Crippen LogP contribution in [0.4, 0.5) is 0 Å². The van der Waals surface area contributed by atoms with E-state index < -0.39 is 0 Å². The minimum Gasteiger partial charge on any atom is -0.366 e. The lowest BCUT2D eigenvalue weighted by Crippen LogP contribution is -2.48. The second kappa shape index (κ2) is 5.95. The van der Waals surface area contributed by atoms with Crippen LogP contribution < -0.4 is 10.6 Å². The van der Waals surface area contributed by atoms with Gasteiger partial charge in [-0.15, -0.1) is 0 Å². The van der Waals surface area contributed by atoms with Crippen molar-refractivity contribution in [2.45, 2.75) is 6.10 Å². The van der Waals surface area contributed by atoms with E-state index in [1.54, 1.807) is 0 Å². The van der Waals surface area contributed by atoms with Gasteiger partial charge in [-0.2, -0.15) is 0 Å². The fourth-order valence-electron chi connectivity index (χ4n) is 1.25. The fraction of sp³-hybridized carbons (Fsp3) is 0.889. The summed E-state index contributed by atoms with van der Waals surface area (Å²) in [5, 5.41) is 5.96. The topological polar surface area (TPSA) is 53.6 Å². The molecule has 1 heterocycles. The Morgan fingerprint density at radius 2 is 2.43 bits per heavy atom. The normalized spacial score (nSPS) is 22.4. The van der Waals surface area contributed by atoms with Gasteiger partial charge in [0.25, 0.3) is 5.91 Å². The molecule has 5 nitrogen and oxygen atoms in total. The van der Waals surface area contributed by atoms with Crippen LogP contribution in [0.5, 0.6) is 0 Å². The van der Waals surface area contributed by atoms with Crippen LogP contribution in [0.2, 0.25) is 0 Å². The minimum atomic E-state index is -0.314. The highest BCUT2D eigenvalue weighted by Crippen LogP contribution is 1.95. The van der Waals surface area contributed by atoms with Crippen molar-refractivity contribution in [3.05, 3.63) is 0 Å². The van der Waals surface area contributed by atoms with Crippen molar-refractivity contribution in [2.75, 3.05) is 46.9 Å². The Balaban J connectivity index is 2.13. The Hall–Kier alpha value is -0.650. The summed E-state index contributed by atoms with van der Waals surface area (Å²) in [5.41, 5.74) is 0. The smallest absolute Gasteiger partial charge is 0.250 e. The molecule has 0 aromatic rings. The third-order valence-electron chi connectivity index (χ3n) is 2.08. The van der Waals surface area contributed by atoms with Gasteiger partial charge in [0.1, 0.15) is 6.10 Å². The molecular weight excluding hydrogens is 182 g/mol. The maximum atomic E-state index is 11.5. The van der Waals surface area contributed by atoms with E-state index in [4.69, 9.17) is 4.74 Å². The largest absolute Gasteiger partial charge is 0.366 e. The lowest BCUT2D eigenvalue weighted by atomic mass is 10.3. The molecule has 1 amide bonds. The van der Waals surface area contributed by atoms with Crippen molar-refractivity contribution < 1.29 is 9.53 Å². The fourth-order valence-corrected chi connectivity index (χ4v) is 1.25. The Bertz CT molecular complexity index is 179. The van der Waals surface area contributed by atoms with Crippen LogP contribution in [0.1, 0.15) is 0 Å². The number of nitrogens with zero attached hydrogens (tertiary/aromatic N) is 1. The molecular formula is C9H19N3O2. The second-order valence-electron chi connectivity index (χ2n) is 3.66. The lowest BCUT2D eigenvalue weighted by Gasteiger charge is -2.23. The summed E-state index contributed by atoms with van der Waals surface area (Å²) >= 11 is 0. The molecule has 5 heteroatoms. The third-order valence-corrected chi connectivity index (χ3v) is 2.08. The number of hydrogen-bond acceptors (Lipinski definition) is 4. The second-order valence-corrected chi connectivity index (χ2v) is 3.66. The molecule has 0 saturated carbocycles. The summed E-state index contributed by atoms with van der Waals surface area (Å²) in [6.07, 6.45) is -0.314. The van der Waals surface area contributed by atoms with E-state index in [1.165, 1.54) is 0 Å². The number of hydrogen-bond donors (Lipinski definition) is 2. The molecule has 1 saturated heterocycles. The van der Waals surface area contributed by atoms with Gasteiger partial charge in [-0.05, 0) is 14.1 Å². The number of likely N-dealkylation sites (N-methyl/N-ethyl adjacent to an activating group) is 1. The molecule has 1 rings (SSSR count). The van der Waals surface area contributed by atoms with Crippen LogP contribution in [-0.2, 0) is 9.53 Å². The summed E-state index contributed by atoms with van der Waals surface area (Å²) in [6.45, 7) is 3.60. The Morgan fingerprint density at radius 1 is 1.64 bits per heavy atom. The Labute approximate surface area is 84.8 Å². The summed E-state index contributed by atoms with van der Waals surface area (Å²) < 4.78 is 5.31. The van der Waals surface area contributed by atoms with E-state index in [0.717, 1.165) is 13.1 Å². The summed E-state index contributed by atoms with van der Waals surface area (Å²) in [6, 6.07) is 0. The zero-order chi connectivity index (χ0) is 10.4. The zero-order valence-electron chi connectivity index (χ0n) is 8.88. The number of carbonyl (C=O) groups excluding carboxylic acids is 1. The van der Waals surface area contributed by atoms with Gasteiger partial charge in [0.2, 0.25) is 0 Å². The lowest BCUT2D eigenvalue weighted by molar-refractivity contribution is -0.134. The van der Waals surface area contributed by atoms with Gasteiger partial charge in [0.05, 0.1) is 6.61 Å². The molecule has 1 fully saturated rings. The van der Waals surface area contributed by atoms with Crippen LogP contribution in [-0.4, -0.2) is 63.8 Å². The van der Waals surface area contributed by atoms with Gasteiger partial charge < -0.3 is 20.3 Å². The first-order chi connectivity index (χ1) is 6.70. The molecule has 82 valence electrons. The highest BCUT2D eigenvalue weighted by Gasteiger charge is 2.20. The highest BCUT2D eigenvalue weighted by atomic mass is 16.5. The number of ether oxygens (including phenoxy) is 1. The monoisotopic (exact) mass is 201 g/mol. The maximum Gasteiger partial charge on any atom is 0.250 e. The number of nitrogens with one attached hydrogen (secondary N) is 2. The molecule has 1 aliphatic heterocycles. The Kier molecular flexibility index (Phi) is 4.86. The van der Waals surface area contributed by atoms with Gasteiger partial charge in [0, 0.05) is 26.2 Å². The first kappa shape index (κ1) is 11.4. The van der Waals surface area contributed by atoms with E-state index in [0.29, 0.717) is 19.7 Å². The molecule has 1 atom stereocenters. The average molecular weight is 201 g/mol. The molecule has 1 aliphatic rings. The number of morpholine rings is 1. The standard InChI is InChI=1S/C9H19N3O2/c1-12(2)5-3-11-9(13)8-7-10-4-6-14-8/h8,10H,3-7H2,1-2H3,(H,11,13)/t8-/m1/s1. The molecule has 2 N–H and O–H groups in total. The predicted octanol–water partition coefficient (Wildman–Crippen LogP) is -1.35. The number of rotatable bonds is 4. The summed E-state index contributed by atoms with van der Waals surface area (Å²) in [5.74, 6) is -0.0148. The van der Waals surface area contributed by atoms with Crippen molar-refractivity contribution >= 4 is 5.91 Å². The quantitative estimate of drug-likeness (QED) is 0.591. The number of carbonyl (C=O) groups is 1. The average Bonchev–Trinajstić information content (AvgIpc) is 2.18. The van der Waals surface area contributed by atoms with E-state index >= 15 is 0 Å². The zero-order valence-corrected chi connectivity index (χ0v) is 8.88. The summed E-state index contributed by atoms with van der Waals surface area (Å²) in [4.78, 5) is 13.5. The maximum absolute atomic E-state index is 11.5. The van der Waals surface area contributed by atoms with Gasteiger partial charge in [-0.25, -0.2) is 0 Å². The number of amides is 1. The highest BCUT2D eigenvalue weighted by molar-refractivity contribution is 5.81. The van der Waals surface area contributed by atoms with Crippen LogP contribution in [0.25, 0.3) is 0 Å². The molecule has 0 radical (unpaired) electrons. The minimum absolute atomic E-state index is 0.0148. The Morgan fingerprint density at radius 3 is 3.00 bits per heavy atom. The van der Waals surface area contributed by atoms with E-state index in [2.05, 4.69) is 10.6 Å². The molecule has 0 aromatic heterocycles. The molecule has 0 bridgehead atoms. The van der Waals surface area contributed by atoms with Crippen LogP contribution >= 0.6 is 0 Å². The van der Waals surface area contributed by atoms with E-state index in [-0.39, 0.29) is 12.0 Å². The first-order valence-electron chi connectivity index (χ1n) is 4.95. The van der Waals surface area contributed by atoms with Crippen molar-refractivity contribution in [1.29, 1.82) is 0 Å². The molecule has 0 unspecified atom stereocenters. The first-order valence-corrected chi connectivity index (χ1v) is 4.95. The van der Waals surface area contributed by atoms with Crippen molar-refractivity contribution in [2.24, 2.45) is 0 Å². The van der Waals surface area contributed by atoms with Crippen LogP contribution in [0, 0.1) is 0 Å². The molecule has 14 heavy (non-hydrogen) atoms. The SMILES string of the molecule is CN(C)CCNC(=O)[C@H]1CNCCO1. The molecule has 0 spiro atoms. The van der Waals surface area contributed by atoms with Crippen molar-refractivity contribution in [1.82, 2.24) is 15.5 Å². The van der Waals surface area contributed by atoms with Crippen LogP contribution in [0.15, 0.2) is 0 Å². The van der Waals surface area contributed by atoms with Gasteiger partial charge in [-0.3, -0.25) is 4.79 Å². The third kappa shape index (κ3) is 4.04. The van der Waals surface area contributed by atoms with Gasteiger partial charge >= 0.3 is 0 Å².